The molecule has 2 heterocycles. The van der Waals surface area contributed by atoms with Gasteiger partial charge in [0.2, 0.25) is 0 Å². The van der Waals surface area contributed by atoms with Crippen LogP contribution in [-0.2, 0) is 13.0 Å². The topological polar surface area (TPSA) is 70.8 Å². The Balaban J connectivity index is 1.63. The van der Waals surface area contributed by atoms with E-state index in [0.29, 0.717) is 23.5 Å². The maximum Gasteiger partial charge on any atom is 0.121 e. The van der Waals surface area contributed by atoms with Crippen LogP contribution in [0.1, 0.15) is 48.8 Å². The van der Waals surface area contributed by atoms with Crippen LogP contribution in [0.15, 0.2) is 30.5 Å². The highest BCUT2D eigenvalue weighted by molar-refractivity contribution is 6.52. The predicted octanol–water partition coefficient (Wildman–Crippen LogP) is 1.16. The molecule has 0 fully saturated rings. The molecule has 0 unspecified atom stereocenters. The molecule has 0 spiro atoms. The second-order valence-electron chi connectivity index (χ2n) is 7.57. The number of nitrogens with one attached hydrogen (secondary N) is 1. The Kier molecular flexibility index (Phi) is 5.83. The van der Waals surface area contributed by atoms with E-state index < -0.39 is 0 Å². The number of hydrogen-bond donors (Lipinski definition) is 2. The van der Waals surface area contributed by atoms with Crippen LogP contribution in [0.4, 0.5) is 0 Å². The van der Waals surface area contributed by atoms with Crippen molar-refractivity contribution in [3.63, 3.8) is 0 Å². The zero-order chi connectivity index (χ0) is 19.5. The summed E-state index contributed by atoms with van der Waals surface area (Å²) in [5.41, 5.74) is 11.1. The lowest BCUT2D eigenvalue weighted by atomic mass is 9.80. The highest BCUT2D eigenvalue weighted by Gasteiger charge is 2.27. The van der Waals surface area contributed by atoms with E-state index in [-0.39, 0.29) is 0 Å². The van der Waals surface area contributed by atoms with Crippen molar-refractivity contribution in [1.29, 1.82) is 0 Å². The van der Waals surface area contributed by atoms with Crippen LogP contribution in [0.25, 0.3) is 11.0 Å². The van der Waals surface area contributed by atoms with Crippen molar-refractivity contribution in [1.82, 2.24) is 19.9 Å². The fourth-order valence-electron chi connectivity index (χ4n) is 4.18. The van der Waals surface area contributed by atoms with E-state index in [1.807, 2.05) is 24.4 Å². The first-order valence-corrected chi connectivity index (χ1v) is 10.1. The van der Waals surface area contributed by atoms with Crippen LogP contribution in [0.3, 0.4) is 0 Å². The van der Waals surface area contributed by atoms with Crippen molar-refractivity contribution in [2.75, 3.05) is 13.1 Å². The first-order valence-electron chi connectivity index (χ1n) is 10.1. The van der Waals surface area contributed by atoms with E-state index in [0.717, 1.165) is 55.6 Å². The molecule has 0 aliphatic heterocycles. The molecular formula is C21H25B2N5. The molecule has 0 bridgehead atoms. The van der Waals surface area contributed by atoms with Crippen molar-refractivity contribution in [3.8, 4) is 0 Å². The summed E-state index contributed by atoms with van der Waals surface area (Å²) in [5.74, 6) is 0.906. The van der Waals surface area contributed by atoms with Crippen molar-refractivity contribution in [3.05, 3.63) is 47.5 Å². The van der Waals surface area contributed by atoms with E-state index in [1.165, 1.54) is 17.7 Å². The van der Waals surface area contributed by atoms with Gasteiger partial charge in [0, 0.05) is 6.20 Å². The Morgan fingerprint density at radius 3 is 2.96 bits per heavy atom. The largest absolute Gasteiger partial charge is 0.341 e. The van der Waals surface area contributed by atoms with Gasteiger partial charge >= 0.3 is 0 Å². The number of pyridine rings is 1. The molecule has 1 aliphatic rings. The van der Waals surface area contributed by atoms with Gasteiger partial charge in [0.05, 0.1) is 29.3 Å². The lowest BCUT2D eigenvalue weighted by molar-refractivity contribution is 0.159. The van der Waals surface area contributed by atoms with Gasteiger partial charge in [-0.15, -0.1) is 5.46 Å². The van der Waals surface area contributed by atoms with Gasteiger partial charge in [0.25, 0.3) is 0 Å². The standard InChI is InChI=1S/C21H25B2N5/c22-15-8-9-16-21(19(15)23)27-18(26-16)13-28(12-2-1-10-24)17-7-3-5-14-6-4-11-25-20(14)17/h4,6,8-9,11,17H,1-3,5,7,10,12-13,24H2,(H,26,27)/t17-/m0/s1. The molecule has 1 aromatic carbocycles. The van der Waals surface area contributed by atoms with Crippen molar-refractivity contribution < 1.29 is 0 Å². The molecule has 7 heteroatoms. The maximum absolute atomic E-state index is 6.12. The van der Waals surface area contributed by atoms with Gasteiger partial charge in [-0.3, -0.25) is 9.88 Å². The van der Waals surface area contributed by atoms with E-state index in [1.54, 1.807) is 0 Å². The molecule has 140 valence electrons. The second-order valence-corrected chi connectivity index (χ2v) is 7.57. The zero-order valence-electron chi connectivity index (χ0n) is 16.2. The number of aryl methyl sites for hydroxylation is 1. The lowest BCUT2D eigenvalue weighted by Crippen LogP contribution is -2.33. The first kappa shape index (κ1) is 19.2. The third kappa shape index (κ3) is 3.87. The molecular weight excluding hydrogens is 344 g/mol. The lowest BCUT2D eigenvalue weighted by Gasteiger charge is -2.34. The van der Waals surface area contributed by atoms with E-state index in [4.69, 9.17) is 31.4 Å². The normalized spacial score (nSPS) is 16.6. The monoisotopic (exact) mass is 369 g/mol. The fourth-order valence-corrected chi connectivity index (χ4v) is 4.18. The summed E-state index contributed by atoms with van der Waals surface area (Å²) in [7, 11) is 12.1. The number of imidazole rings is 1. The SMILES string of the molecule is [B]c1ccc2[nH]c(CN(CCCCN)[C@H]3CCCc4cccnc43)nc2c1[B]. The maximum atomic E-state index is 6.12. The van der Waals surface area contributed by atoms with Crippen LogP contribution >= 0.6 is 0 Å². The molecule has 4 radical (unpaired) electrons. The van der Waals surface area contributed by atoms with Crippen LogP contribution in [0.2, 0.25) is 0 Å². The summed E-state index contributed by atoms with van der Waals surface area (Å²) in [6.07, 6.45) is 7.38. The minimum absolute atomic E-state index is 0.304. The molecule has 1 atom stereocenters. The average Bonchev–Trinajstić information content (AvgIpc) is 3.13. The van der Waals surface area contributed by atoms with Gasteiger partial charge in [0.15, 0.2) is 0 Å². The van der Waals surface area contributed by atoms with Gasteiger partial charge in [-0.1, -0.05) is 17.6 Å². The Hall–Kier alpha value is -2.11. The minimum atomic E-state index is 0.304. The van der Waals surface area contributed by atoms with Crippen LogP contribution in [0.5, 0.6) is 0 Å². The van der Waals surface area contributed by atoms with Crippen LogP contribution in [0, 0.1) is 0 Å². The number of hydrogen-bond acceptors (Lipinski definition) is 4. The molecule has 3 N–H and O–H groups in total. The number of rotatable bonds is 7. The van der Waals surface area contributed by atoms with Gasteiger partial charge in [-0.05, 0) is 62.9 Å². The minimum Gasteiger partial charge on any atom is -0.341 e. The molecule has 0 saturated carbocycles. The Labute approximate surface area is 169 Å². The number of aromatic nitrogens is 3. The van der Waals surface area contributed by atoms with Crippen molar-refractivity contribution >= 4 is 37.7 Å². The third-order valence-electron chi connectivity index (χ3n) is 5.64. The third-order valence-corrected chi connectivity index (χ3v) is 5.64. The molecule has 5 nitrogen and oxygen atoms in total. The Morgan fingerprint density at radius 1 is 1.21 bits per heavy atom. The molecule has 0 saturated heterocycles. The number of unbranched alkanes of at least 4 members (excludes halogenated alkanes) is 1. The highest BCUT2D eigenvalue weighted by atomic mass is 15.2. The molecule has 4 rings (SSSR count). The fraction of sp³-hybridized carbons (Fsp3) is 0.429. The first-order chi connectivity index (χ1) is 13.7. The molecule has 1 aliphatic carbocycles. The molecule has 3 aromatic rings. The summed E-state index contributed by atoms with van der Waals surface area (Å²) < 4.78 is 0. The smallest absolute Gasteiger partial charge is 0.121 e. The average molecular weight is 369 g/mol. The number of nitrogens with two attached hydrogens (primary N) is 1. The summed E-state index contributed by atoms with van der Waals surface area (Å²) in [6, 6.07) is 8.30. The number of nitrogens with zero attached hydrogens (tertiary/aromatic N) is 3. The van der Waals surface area contributed by atoms with Crippen molar-refractivity contribution in [2.45, 2.75) is 44.7 Å². The van der Waals surface area contributed by atoms with E-state index in [2.05, 4.69) is 16.0 Å². The number of benzene rings is 1. The summed E-state index contributed by atoms with van der Waals surface area (Å²) in [4.78, 5) is 15.4. The van der Waals surface area contributed by atoms with E-state index >= 15 is 0 Å². The van der Waals surface area contributed by atoms with Gasteiger partial charge in [-0.25, -0.2) is 4.98 Å². The molecule has 0 amide bonds. The molecule has 28 heavy (non-hydrogen) atoms. The van der Waals surface area contributed by atoms with Crippen LogP contribution in [-0.4, -0.2) is 48.6 Å². The summed E-state index contributed by atoms with van der Waals surface area (Å²) in [5, 5.41) is 0. The quantitative estimate of drug-likeness (QED) is 0.485. The van der Waals surface area contributed by atoms with Crippen molar-refractivity contribution in [2.24, 2.45) is 5.73 Å². The van der Waals surface area contributed by atoms with Gasteiger partial charge < -0.3 is 10.7 Å². The van der Waals surface area contributed by atoms with E-state index in [9.17, 15) is 0 Å². The number of H-pyrrole nitrogens is 1. The number of fused-ring (bicyclic) bond motifs is 2. The van der Waals surface area contributed by atoms with Gasteiger partial charge in [0.1, 0.15) is 21.5 Å². The Morgan fingerprint density at radius 2 is 2.11 bits per heavy atom. The predicted molar refractivity (Wildman–Crippen MR) is 115 cm³/mol. The van der Waals surface area contributed by atoms with Gasteiger partial charge in [-0.2, -0.15) is 0 Å². The highest BCUT2D eigenvalue weighted by Crippen LogP contribution is 2.33. The second kappa shape index (κ2) is 8.50. The Bertz CT molecular complexity index is 955. The molecule has 2 aromatic heterocycles. The van der Waals surface area contributed by atoms with Crippen LogP contribution < -0.4 is 16.7 Å². The zero-order valence-corrected chi connectivity index (χ0v) is 16.2. The number of aromatic amines is 1. The summed E-state index contributed by atoms with van der Waals surface area (Å²) >= 11 is 0. The summed E-state index contributed by atoms with van der Waals surface area (Å²) in [6.45, 7) is 2.40.